The summed E-state index contributed by atoms with van der Waals surface area (Å²) in [4.78, 5) is 11.7. The molecule has 0 heterocycles. The van der Waals surface area contributed by atoms with E-state index in [0.29, 0.717) is 5.56 Å². The van der Waals surface area contributed by atoms with Crippen molar-refractivity contribution in [3.8, 4) is 0 Å². The van der Waals surface area contributed by atoms with Gasteiger partial charge in [0.1, 0.15) is 0 Å². The molecule has 0 atom stereocenters. The molecule has 1 amide bonds. The van der Waals surface area contributed by atoms with Gasteiger partial charge in [-0.1, -0.05) is 38.5 Å². The van der Waals surface area contributed by atoms with Gasteiger partial charge in [-0.2, -0.15) is 0 Å². The fourth-order valence-electron chi connectivity index (χ4n) is 1.04. The van der Waals surface area contributed by atoms with Crippen LogP contribution in [0.5, 0.6) is 0 Å². The summed E-state index contributed by atoms with van der Waals surface area (Å²) in [6.45, 7) is 0.726. The van der Waals surface area contributed by atoms with Crippen LogP contribution >= 0.6 is 54.5 Å². The molecular formula is C10H10Br2INO. The summed E-state index contributed by atoms with van der Waals surface area (Å²) in [5.74, 6) is -0.0285. The van der Waals surface area contributed by atoms with Gasteiger partial charge in [-0.25, -0.2) is 0 Å². The Labute approximate surface area is 120 Å². The third-order valence-corrected chi connectivity index (χ3v) is 3.68. The molecule has 1 rings (SSSR count). The Hall–Kier alpha value is 0.380. The molecule has 1 N–H and O–H groups in total. The summed E-state index contributed by atoms with van der Waals surface area (Å²) in [6, 6.07) is 5.53. The predicted molar refractivity (Wildman–Crippen MR) is 77.7 cm³/mol. The molecule has 0 radical (unpaired) electrons. The summed E-state index contributed by atoms with van der Waals surface area (Å²) in [5, 5.41) is 2.87. The van der Waals surface area contributed by atoms with Crippen molar-refractivity contribution in [2.24, 2.45) is 0 Å². The van der Waals surface area contributed by atoms with E-state index in [4.69, 9.17) is 0 Å². The molecule has 0 aliphatic heterocycles. The molecule has 82 valence electrons. The largest absolute Gasteiger partial charge is 0.352 e. The van der Waals surface area contributed by atoms with Crippen LogP contribution in [0.1, 0.15) is 16.8 Å². The summed E-state index contributed by atoms with van der Waals surface area (Å²) in [7, 11) is 0. The number of halogens is 3. The number of hydrogen-bond acceptors (Lipinski definition) is 1. The number of alkyl halides is 1. The minimum Gasteiger partial charge on any atom is -0.352 e. The Morgan fingerprint density at radius 1 is 1.40 bits per heavy atom. The standard InChI is InChI=1S/C10H10Br2INO/c11-7-2-3-8(9(12)6-7)10(15)14-5-1-4-13/h2-3,6H,1,4-5H2,(H,14,15). The molecule has 1 aromatic carbocycles. The normalized spacial score (nSPS) is 10.1. The lowest BCUT2D eigenvalue weighted by atomic mass is 10.2. The lowest BCUT2D eigenvalue weighted by Crippen LogP contribution is -2.24. The number of amides is 1. The van der Waals surface area contributed by atoms with Gasteiger partial charge in [-0.3, -0.25) is 4.79 Å². The van der Waals surface area contributed by atoms with Gasteiger partial charge < -0.3 is 5.32 Å². The van der Waals surface area contributed by atoms with Crippen LogP contribution in [0.3, 0.4) is 0 Å². The number of nitrogens with one attached hydrogen (secondary N) is 1. The zero-order valence-electron chi connectivity index (χ0n) is 7.90. The number of benzene rings is 1. The van der Waals surface area contributed by atoms with E-state index >= 15 is 0 Å². The first-order valence-electron chi connectivity index (χ1n) is 4.44. The Morgan fingerprint density at radius 3 is 2.73 bits per heavy atom. The lowest BCUT2D eigenvalue weighted by molar-refractivity contribution is 0.0953. The fourth-order valence-corrected chi connectivity index (χ4v) is 2.65. The van der Waals surface area contributed by atoms with Crippen LogP contribution in [0.2, 0.25) is 0 Å². The molecule has 0 fully saturated rings. The smallest absolute Gasteiger partial charge is 0.252 e. The minimum absolute atomic E-state index is 0.0285. The molecule has 0 unspecified atom stereocenters. The van der Waals surface area contributed by atoms with Gasteiger partial charge in [0.15, 0.2) is 0 Å². The van der Waals surface area contributed by atoms with Gasteiger partial charge in [-0.05, 0) is 40.5 Å². The lowest BCUT2D eigenvalue weighted by Gasteiger charge is -2.06. The highest BCUT2D eigenvalue weighted by atomic mass is 127. The molecular weight excluding hydrogens is 437 g/mol. The van der Waals surface area contributed by atoms with E-state index in [1.165, 1.54) is 0 Å². The first kappa shape index (κ1) is 13.4. The zero-order chi connectivity index (χ0) is 11.3. The topological polar surface area (TPSA) is 29.1 Å². The molecule has 5 heteroatoms. The van der Waals surface area contributed by atoms with E-state index < -0.39 is 0 Å². The van der Waals surface area contributed by atoms with Gasteiger partial charge in [0.25, 0.3) is 5.91 Å². The summed E-state index contributed by atoms with van der Waals surface area (Å²) in [6.07, 6.45) is 1.00. The molecule has 2 nitrogen and oxygen atoms in total. The second-order valence-electron chi connectivity index (χ2n) is 2.92. The highest BCUT2D eigenvalue weighted by molar-refractivity contribution is 14.1. The molecule has 0 spiro atoms. The molecule has 0 saturated heterocycles. The average molecular weight is 447 g/mol. The second kappa shape index (κ2) is 6.85. The fraction of sp³-hybridized carbons (Fsp3) is 0.300. The Bertz CT molecular complexity index is 357. The summed E-state index contributed by atoms with van der Waals surface area (Å²) in [5.41, 5.74) is 0.673. The van der Waals surface area contributed by atoms with Crippen LogP contribution in [-0.4, -0.2) is 16.9 Å². The number of carbonyl (C=O) groups excluding carboxylic acids is 1. The molecule has 1 aromatic rings. The van der Waals surface area contributed by atoms with Crippen LogP contribution in [0.4, 0.5) is 0 Å². The van der Waals surface area contributed by atoms with Gasteiger partial charge >= 0.3 is 0 Å². The van der Waals surface area contributed by atoms with Gasteiger partial charge in [0.2, 0.25) is 0 Å². The Balaban J connectivity index is 2.65. The van der Waals surface area contributed by atoms with Crippen molar-refractivity contribution in [3.63, 3.8) is 0 Å². The number of carbonyl (C=O) groups is 1. The molecule has 0 aliphatic rings. The highest BCUT2D eigenvalue weighted by Gasteiger charge is 2.08. The van der Waals surface area contributed by atoms with Crippen LogP contribution in [0.25, 0.3) is 0 Å². The highest BCUT2D eigenvalue weighted by Crippen LogP contribution is 2.21. The molecule has 0 aliphatic carbocycles. The number of hydrogen-bond donors (Lipinski definition) is 1. The van der Waals surface area contributed by atoms with Crippen molar-refractivity contribution < 1.29 is 4.79 Å². The van der Waals surface area contributed by atoms with Crippen molar-refractivity contribution in [1.82, 2.24) is 5.32 Å². The molecule has 0 bridgehead atoms. The zero-order valence-corrected chi connectivity index (χ0v) is 13.2. The van der Waals surface area contributed by atoms with E-state index in [9.17, 15) is 4.79 Å². The van der Waals surface area contributed by atoms with E-state index in [-0.39, 0.29) is 5.91 Å². The van der Waals surface area contributed by atoms with Crippen LogP contribution in [-0.2, 0) is 0 Å². The van der Waals surface area contributed by atoms with Crippen LogP contribution in [0, 0.1) is 0 Å². The van der Waals surface area contributed by atoms with Crippen molar-refractivity contribution in [2.75, 3.05) is 11.0 Å². The van der Waals surface area contributed by atoms with Gasteiger partial charge in [0.05, 0.1) is 5.56 Å². The van der Waals surface area contributed by atoms with Gasteiger partial charge in [0, 0.05) is 19.9 Å². The Kier molecular flexibility index (Phi) is 6.14. The third-order valence-electron chi connectivity index (χ3n) is 1.77. The van der Waals surface area contributed by atoms with Crippen LogP contribution < -0.4 is 5.32 Å². The van der Waals surface area contributed by atoms with Crippen molar-refractivity contribution in [2.45, 2.75) is 6.42 Å². The molecule has 15 heavy (non-hydrogen) atoms. The SMILES string of the molecule is O=C(NCCCI)c1ccc(Br)cc1Br. The maximum Gasteiger partial charge on any atom is 0.252 e. The average Bonchev–Trinajstić information content (AvgIpc) is 2.17. The van der Waals surface area contributed by atoms with Crippen molar-refractivity contribution in [1.29, 1.82) is 0 Å². The maximum atomic E-state index is 11.7. The third kappa shape index (κ3) is 4.40. The van der Waals surface area contributed by atoms with Crippen molar-refractivity contribution >= 4 is 60.4 Å². The molecule has 0 saturated carbocycles. The van der Waals surface area contributed by atoms with E-state index in [1.807, 2.05) is 12.1 Å². The minimum atomic E-state index is -0.0285. The maximum absolute atomic E-state index is 11.7. The second-order valence-corrected chi connectivity index (χ2v) is 5.77. The summed E-state index contributed by atoms with van der Waals surface area (Å²) < 4.78 is 2.82. The van der Waals surface area contributed by atoms with E-state index in [0.717, 1.165) is 26.3 Å². The summed E-state index contributed by atoms with van der Waals surface area (Å²) >= 11 is 9.00. The quantitative estimate of drug-likeness (QED) is 0.426. The molecule has 0 aromatic heterocycles. The first-order valence-corrected chi connectivity index (χ1v) is 7.55. The van der Waals surface area contributed by atoms with E-state index in [2.05, 4.69) is 59.8 Å². The first-order chi connectivity index (χ1) is 7.15. The van der Waals surface area contributed by atoms with Crippen molar-refractivity contribution in [3.05, 3.63) is 32.7 Å². The number of rotatable bonds is 4. The van der Waals surface area contributed by atoms with Crippen LogP contribution in [0.15, 0.2) is 27.1 Å². The Morgan fingerprint density at radius 2 is 2.13 bits per heavy atom. The van der Waals surface area contributed by atoms with E-state index in [1.54, 1.807) is 6.07 Å². The van der Waals surface area contributed by atoms with Gasteiger partial charge in [-0.15, -0.1) is 0 Å². The predicted octanol–water partition coefficient (Wildman–Crippen LogP) is 3.77. The monoisotopic (exact) mass is 445 g/mol.